The van der Waals surface area contributed by atoms with E-state index in [1.165, 1.54) is 0 Å². The van der Waals surface area contributed by atoms with Crippen molar-refractivity contribution in [2.75, 3.05) is 11.9 Å². The van der Waals surface area contributed by atoms with Crippen LogP contribution < -0.4 is 10.6 Å². The number of benzene rings is 2. The molecule has 0 heterocycles. The smallest absolute Gasteiger partial charge is 0.239 e. The third-order valence-corrected chi connectivity index (χ3v) is 4.06. The molecule has 0 saturated carbocycles. The molecular weight excluding hydrogens is 296 g/mol. The summed E-state index contributed by atoms with van der Waals surface area (Å²) in [5.41, 5.74) is 2.96. The van der Waals surface area contributed by atoms with Crippen molar-refractivity contribution in [1.82, 2.24) is 5.32 Å². The highest BCUT2D eigenvalue weighted by Crippen LogP contribution is 2.22. The molecule has 0 aliphatic heterocycles. The summed E-state index contributed by atoms with van der Waals surface area (Å²) >= 11 is 6.08. The molecule has 0 spiro atoms. The predicted octanol–water partition coefficient (Wildman–Crippen LogP) is 4.33. The van der Waals surface area contributed by atoms with Gasteiger partial charge in [0, 0.05) is 10.7 Å². The number of carbonyl (C=O) groups is 1. The van der Waals surface area contributed by atoms with Crippen LogP contribution >= 0.6 is 11.6 Å². The Morgan fingerprint density at radius 2 is 1.86 bits per heavy atom. The first-order valence-corrected chi connectivity index (χ1v) is 7.83. The normalized spacial score (nSPS) is 11.8. The molecule has 2 rings (SSSR count). The molecule has 0 aliphatic carbocycles. The number of hydrogen-bond donors (Lipinski definition) is 2. The van der Waals surface area contributed by atoms with Crippen molar-refractivity contribution in [3.63, 3.8) is 0 Å². The highest BCUT2D eigenvalue weighted by molar-refractivity contribution is 6.31. The molecule has 1 atom stereocenters. The number of amides is 1. The average molecular weight is 317 g/mol. The quantitative estimate of drug-likeness (QED) is 0.833. The fraction of sp³-hybridized carbons (Fsp3) is 0.278. The molecule has 0 aliphatic rings. The lowest BCUT2D eigenvalue weighted by Crippen LogP contribution is -2.33. The van der Waals surface area contributed by atoms with E-state index in [2.05, 4.69) is 17.6 Å². The van der Waals surface area contributed by atoms with Crippen LogP contribution in [0.2, 0.25) is 5.02 Å². The summed E-state index contributed by atoms with van der Waals surface area (Å²) in [7, 11) is 0. The third kappa shape index (κ3) is 4.25. The van der Waals surface area contributed by atoms with E-state index in [9.17, 15) is 4.79 Å². The number of hydrogen-bond acceptors (Lipinski definition) is 2. The van der Waals surface area contributed by atoms with Crippen LogP contribution in [0.15, 0.2) is 48.5 Å². The van der Waals surface area contributed by atoms with Crippen LogP contribution in [-0.2, 0) is 4.79 Å². The Morgan fingerprint density at radius 1 is 1.14 bits per heavy atom. The zero-order valence-electron chi connectivity index (χ0n) is 12.9. The maximum Gasteiger partial charge on any atom is 0.239 e. The third-order valence-electron chi connectivity index (χ3n) is 3.65. The number of rotatable bonds is 6. The van der Waals surface area contributed by atoms with Gasteiger partial charge in [-0.25, -0.2) is 0 Å². The van der Waals surface area contributed by atoms with E-state index >= 15 is 0 Å². The maximum absolute atomic E-state index is 12.1. The number of carbonyl (C=O) groups excluding carboxylic acids is 1. The number of nitrogens with one attached hydrogen (secondary N) is 2. The maximum atomic E-state index is 12.1. The summed E-state index contributed by atoms with van der Waals surface area (Å²) in [5, 5.41) is 6.89. The summed E-state index contributed by atoms with van der Waals surface area (Å²) in [6, 6.07) is 15.7. The first-order chi connectivity index (χ1) is 10.6. The Hall–Kier alpha value is -2.00. The lowest BCUT2D eigenvalue weighted by molar-refractivity contribution is -0.120. The molecule has 0 aromatic heterocycles. The number of halogens is 1. The zero-order chi connectivity index (χ0) is 15.9. The van der Waals surface area contributed by atoms with Crippen LogP contribution in [0.4, 0.5) is 5.69 Å². The lowest BCUT2D eigenvalue weighted by Gasteiger charge is -2.18. The SMILES string of the molecule is CCC(NC(=O)CNc1cccc(Cl)c1C)c1ccccc1. The molecule has 3 nitrogen and oxygen atoms in total. The van der Waals surface area contributed by atoms with Gasteiger partial charge in [0.2, 0.25) is 5.91 Å². The summed E-state index contributed by atoms with van der Waals surface area (Å²) in [6.07, 6.45) is 0.853. The van der Waals surface area contributed by atoms with Gasteiger partial charge in [-0.15, -0.1) is 0 Å². The van der Waals surface area contributed by atoms with Crippen LogP contribution in [0.25, 0.3) is 0 Å². The molecular formula is C18H21ClN2O. The Balaban J connectivity index is 1.93. The van der Waals surface area contributed by atoms with Gasteiger partial charge in [-0.2, -0.15) is 0 Å². The first kappa shape index (κ1) is 16.4. The minimum absolute atomic E-state index is 0.0323. The van der Waals surface area contributed by atoms with Gasteiger partial charge in [0.05, 0.1) is 12.6 Å². The molecule has 1 amide bonds. The standard InChI is InChI=1S/C18H21ClN2O/c1-3-16(14-8-5-4-6-9-14)21-18(22)12-20-17-11-7-10-15(19)13(17)2/h4-11,16,20H,3,12H2,1-2H3,(H,21,22). The van der Waals surface area contributed by atoms with Crippen LogP contribution in [0.5, 0.6) is 0 Å². The average Bonchev–Trinajstić information content (AvgIpc) is 2.55. The van der Waals surface area contributed by atoms with Gasteiger partial charge < -0.3 is 10.6 Å². The molecule has 4 heteroatoms. The minimum Gasteiger partial charge on any atom is -0.376 e. The number of anilines is 1. The van der Waals surface area contributed by atoms with E-state index in [0.29, 0.717) is 5.02 Å². The highest BCUT2D eigenvalue weighted by atomic mass is 35.5. The van der Waals surface area contributed by atoms with E-state index in [1.807, 2.05) is 55.5 Å². The monoisotopic (exact) mass is 316 g/mol. The molecule has 2 N–H and O–H groups in total. The zero-order valence-corrected chi connectivity index (χ0v) is 13.7. The van der Waals surface area contributed by atoms with Crippen LogP contribution in [-0.4, -0.2) is 12.5 Å². The van der Waals surface area contributed by atoms with Gasteiger partial charge in [0.25, 0.3) is 0 Å². The Bertz CT molecular complexity index is 628. The largest absolute Gasteiger partial charge is 0.376 e. The summed E-state index contributed by atoms with van der Waals surface area (Å²) in [5.74, 6) is -0.0323. The van der Waals surface area contributed by atoms with Gasteiger partial charge >= 0.3 is 0 Å². The molecule has 0 bridgehead atoms. The van der Waals surface area contributed by atoms with E-state index in [0.717, 1.165) is 23.2 Å². The van der Waals surface area contributed by atoms with E-state index in [4.69, 9.17) is 11.6 Å². The van der Waals surface area contributed by atoms with Crippen molar-refractivity contribution in [2.45, 2.75) is 26.3 Å². The molecule has 116 valence electrons. The molecule has 0 radical (unpaired) electrons. The summed E-state index contributed by atoms with van der Waals surface area (Å²) in [6.45, 7) is 4.22. The van der Waals surface area contributed by atoms with Gasteiger partial charge in [0.1, 0.15) is 0 Å². The fourth-order valence-electron chi connectivity index (χ4n) is 2.33. The van der Waals surface area contributed by atoms with Crippen molar-refractivity contribution in [3.05, 3.63) is 64.7 Å². The second-order valence-corrected chi connectivity index (χ2v) is 5.61. The van der Waals surface area contributed by atoms with Crippen molar-refractivity contribution in [1.29, 1.82) is 0 Å². The van der Waals surface area contributed by atoms with E-state index < -0.39 is 0 Å². The van der Waals surface area contributed by atoms with Crippen LogP contribution in [0, 0.1) is 6.92 Å². The second-order valence-electron chi connectivity index (χ2n) is 5.20. The van der Waals surface area contributed by atoms with Gasteiger partial charge in [-0.3, -0.25) is 4.79 Å². The minimum atomic E-state index is -0.0323. The van der Waals surface area contributed by atoms with Crippen molar-refractivity contribution >= 4 is 23.2 Å². The van der Waals surface area contributed by atoms with E-state index in [1.54, 1.807) is 0 Å². The Kier molecular flexibility index (Phi) is 5.84. The molecule has 2 aromatic rings. The lowest BCUT2D eigenvalue weighted by atomic mass is 10.0. The summed E-state index contributed by atoms with van der Waals surface area (Å²) in [4.78, 5) is 12.1. The molecule has 22 heavy (non-hydrogen) atoms. The predicted molar refractivity (Wildman–Crippen MR) is 92.3 cm³/mol. The van der Waals surface area contributed by atoms with Crippen molar-refractivity contribution in [3.8, 4) is 0 Å². The molecule has 2 aromatic carbocycles. The van der Waals surface area contributed by atoms with Crippen LogP contribution in [0.1, 0.15) is 30.5 Å². The second kappa shape index (κ2) is 7.85. The molecule has 0 saturated heterocycles. The topological polar surface area (TPSA) is 41.1 Å². The Labute approximate surface area is 136 Å². The van der Waals surface area contributed by atoms with E-state index in [-0.39, 0.29) is 18.5 Å². The van der Waals surface area contributed by atoms with Crippen molar-refractivity contribution < 1.29 is 4.79 Å². The molecule has 1 unspecified atom stereocenters. The molecule has 0 fully saturated rings. The van der Waals surface area contributed by atoms with Crippen LogP contribution in [0.3, 0.4) is 0 Å². The van der Waals surface area contributed by atoms with Gasteiger partial charge in [-0.1, -0.05) is 54.9 Å². The van der Waals surface area contributed by atoms with Gasteiger partial charge in [-0.05, 0) is 36.6 Å². The first-order valence-electron chi connectivity index (χ1n) is 7.45. The van der Waals surface area contributed by atoms with Gasteiger partial charge in [0.15, 0.2) is 0 Å². The Morgan fingerprint density at radius 3 is 2.55 bits per heavy atom. The van der Waals surface area contributed by atoms with Crippen molar-refractivity contribution in [2.24, 2.45) is 0 Å². The fourth-order valence-corrected chi connectivity index (χ4v) is 2.50. The highest BCUT2D eigenvalue weighted by Gasteiger charge is 2.12. The summed E-state index contributed by atoms with van der Waals surface area (Å²) < 4.78 is 0.